The van der Waals surface area contributed by atoms with Gasteiger partial charge in [0.1, 0.15) is 11.5 Å². The van der Waals surface area contributed by atoms with E-state index in [1.807, 2.05) is 32.1 Å². The van der Waals surface area contributed by atoms with Gasteiger partial charge in [0.15, 0.2) is 0 Å². The molecular weight excluding hydrogens is 290 g/mol. The molecule has 0 aliphatic carbocycles. The Morgan fingerprint density at radius 3 is 2.86 bits per heavy atom. The molecule has 0 bridgehead atoms. The van der Waals surface area contributed by atoms with Gasteiger partial charge in [-0.1, -0.05) is 22.8 Å². The third kappa shape index (κ3) is 2.97. The number of ether oxygens (including phenoxy) is 1. The molecule has 0 saturated heterocycles. The van der Waals surface area contributed by atoms with Crippen LogP contribution in [0, 0.1) is 0 Å². The van der Waals surface area contributed by atoms with Gasteiger partial charge in [-0.2, -0.15) is 4.98 Å². The highest BCUT2D eigenvalue weighted by molar-refractivity contribution is 6.32. The summed E-state index contributed by atoms with van der Waals surface area (Å²) in [5, 5.41) is 4.48. The minimum atomic E-state index is 0.0669. The van der Waals surface area contributed by atoms with Crippen LogP contribution >= 0.6 is 11.6 Å². The van der Waals surface area contributed by atoms with E-state index in [4.69, 9.17) is 20.9 Å². The van der Waals surface area contributed by atoms with Crippen LogP contribution in [0.25, 0.3) is 11.4 Å². The fourth-order valence-electron chi connectivity index (χ4n) is 1.94. The molecule has 1 aliphatic heterocycles. The van der Waals surface area contributed by atoms with E-state index >= 15 is 0 Å². The number of allylic oxidation sites excluding steroid dienone is 1. The average Bonchev–Trinajstić information content (AvgIpc) is 3.10. The number of halogens is 1. The molecule has 21 heavy (non-hydrogen) atoms. The summed E-state index contributed by atoms with van der Waals surface area (Å²) in [6.07, 6.45) is 3.87. The van der Waals surface area contributed by atoms with Gasteiger partial charge in [0.25, 0.3) is 5.89 Å². The molecule has 3 rings (SSSR count). The van der Waals surface area contributed by atoms with Crippen LogP contribution in [0.4, 0.5) is 0 Å². The van der Waals surface area contributed by atoms with Crippen molar-refractivity contribution in [2.24, 2.45) is 4.99 Å². The molecule has 5 nitrogen and oxygen atoms in total. The van der Waals surface area contributed by atoms with Crippen molar-refractivity contribution in [3.05, 3.63) is 41.3 Å². The summed E-state index contributed by atoms with van der Waals surface area (Å²) in [6.45, 7) is 4.55. The number of nitrogens with zero attached hydrogens (tertiary/aromatic N) is 3. The lowest BCUT2D eigenvalue weighted by Gasteiger charge is -2.11. The van der Waals surface area contributed by atoms with Crippen LogP contribution in [0.1, 0.15) is 19.7 Å². The lowest BCUT2D eigenvalue weighted by atomic mass is 10.2. The molecule has 1 aromatic heterocycles. The van der Waals surface area contributed by atoms with E-state index in [9.17, 15) is 0 Å². The molecule has 1 aliphatic rings. The summed E-state index contributed by atoms with van der Waals surface area (Å²) >= 11 is 6.21. The minimum Gasteiger partial charge on any atom is -0.489 e. The molecule has 0 fully saturated rings. The van der Waals surface area contributed by atoms with Gasteiger partial charge in [0.2, 0.25) is 5.82 Å². The maximum Gasteiger partial charge on any atom is 0.276 e. The highest BCUT2D eigenvalue weighted by atomic mass is 35.5. The minimum absolute atomic E-state index is 0.0669. The van der Waals surface area contributed by atoms with Crippen LogP contribution in [0.2, 0.25) is 5.02 Å². The highest BCUT2D eigenvalue weighted by Gasteiger charge is 2.15. The first-order chi connectivity index (χ1) is 10.1. The highest BCUT2D eigenvalue weighted by Crippen LogP contribution is 2.30. The van der Waals surface area contributed by atoms with Crippen LogP contribution in [0.15, 0.2) is 39.9 Å². The van der Waals surface area contributed by atoms with Crippen LogP contribution in [-0.2, 0) is 0 Å². The first-order valence-corrected chi connectivity index (χ1v) is 7.03. The zero-order valence-electron chi connectivity index (χ0n) is 11.7. The third-order valence-corrected chi connectivity index (χ3v) is 3.14. The Balaban J connectivity index is 1.87. The Bertz CT molecular complexity index is 719. The van der Waals surface area contributed by atoms with Gasteiger partial charge in [0, 0.05) is 5.56 Å². The summed E-state index contributed by atoms with van der Waals surface area (Å²) in [5.41, 5.74) is 1.48. The lowest BCUT2D eigenvalue weighted by Crippen LogP contribution is -2.05. The fraction of sp³-hybridized carbons (Fsp3) is 0.267. The van der Waals surface area contributed by atoms with Crippen molar-refractivity contribution in [2.45, 2.75) is 20.0 Å². The molecule has 0 unspecified atom stereocenters. The smallest absolute Gasteiger partial charge is 0.276 e. The van der Waals surface area contributed by atoms with E-state index in [2.05, 4.69) is 15.1 Å². The molecule has 0 atom stereocenters. The number of aromatic nitrogens is 2. The number of aliphatic imine (C=N–C) groups is 1. The van der Waals surface area contributed by atoms with Crippen LogP contribution in [0.5, 0.6) is 5.75 Å². The molecule has 0 saturated carbocycles. The predicted octanol–water partition coefficient (Wildman–Crippen LogP) is 3.54. The second-order valence-corrected chi connectivity index (χ2v) is 5.27. The fourth-order valence-corrected chi connectivity index (χ4v) is 2.17. The number of hydrogen-bond acceptors (Lipinski definition) is 5. The first kappa shape index (κ1) is 13.8. The van der Waals surface area contributed by atoms with Crippen molar-refractivity contribution in [1.82, 2.24) is 10.1 Å². The van der Waals surface area contributed by atoms with Crippen LogP contribution in [0.3, 0.4) is 0 Å². The molecule has 108 valence electrons. The average molecular weight is 304 g/mol. The van der Waals surface area contributed by atoms with Gasteiger partial charge in [0.05, 0.1) is 17.7 Å². The van der Waals surface area contributed by atoms with Crippen LogP contribution in [-0.4, -0.2) is 28.5 Å². The van der Waals surface area contributed by atoms with E-state index in [0.717, 1.165) is 5.56 Å². The van der Waals surface area contributed by atoms with E-state index in [1.165, 1.54) is 0 Å². The SMILES string of the molecule is CC(C)Oc1ccc(-c2noc(C3=NCC=C3)n2)cc1Cl. The number of hydrogen-bond donors (Lipinski definition) is 0. The van der Waals surface area contributed by atoms with Crippen molar-refractivity contribution < 1.29 is 9.26 Å². The molecule has 1 aromatic carbocycles. The van der Waals surface area contributed by atoms with Gasteiger partial charge >= 0.3 is 0 Å². The van der Waals surface area contributed by atoms with Crippen molar-refractivity contribution in [1.29, 1.82) is 0 Å². The largest absolute Gasteiger partial charge is 0.489 e. The van der Waals surface area contributed by atoms with E-state index < -0.39 is 0 Å². The van der Waals surface area contributed by atoms with E-state index in [1.54, 1.807) is 12.1 Å². The van der Waals surface area contributed by atoms with Crippen LogP contribution < -0.4 is 4.74 Å². The molecule has 6 heteroatoms. The summed E-state index contributed by atoms with van der Waals surface area (Å²) in [7, 11) is 0. The van der Waals surface area contributed by atoms with E-state index in [-0.39, 0.29) is 6.10 Å². The van der Waals surface area contributed by atoms with Crippen molar-refractivity contribution in [3.63, 3.8) is 0 Å². The monoisotopic (exact) mass is 303 g/mol. The molecule has 0 N–H and O–H groups in total. The predicted molar refractivity (Wildman–Crippen MR) is 81.1 cm³/mol. The molecule has 0 amide bonds. The van der Waals surface area contributed by atoms with E-state index in [0.29, 0.717) is 34.7 Å². The summed E-state index contributed by atoms with van der Waals surface area (Å²) in [5.74, 6) is 1.53. The molecule has 0 radical (unpaired) electrons. The molecular formula is C15H14ClN3O2. The zero-order chi connectivity index (χ0) is 14.8. The third-order valence-electron chi connectivity index (χ3n) is 2.84. The Labute approximate surface area is 127 Å². The number of benzene rings is 1. The Morgan fingerprint density at radius 1 is 1.33 bits per heavy atom. The zero-order valence-corrected chi connectivity index (χ0v) is 12.5. The standard InChI is InChI=1S/C15H14ClN3O2/c1-9(2)20-13-6-5-10(8-11(13)16)14-18-15(21-19-14)12-4-3-7-17-12/h3-6,8-9H,7H2,1-2H3. The summed E-state index contributed by atoms with van der Waals surface area (Å²) in [4.78, 5) is 8.58. The topological polar surface area (TPSA) is 60.5 Å². The van der Waals surface area contributed by atoms with Crippen molar-refractivity contribution >= 4 is 17.3 Å². The van der Waals surface area contributed by atoms with Gasteiger partial charge < -0.3 is 9.26 Å². The Kier molecular flexibility index (Phi) is 3.75. The second kappa shape index (κ2) is 5.69. The molecule has 2 heterocycles. The van der Waals surface area contributed by atoms with Gasteiger partial charge in [-0.25, -0.2) is 0 Å². The quantitative estimate of drug-likeness (QED) is 0.867. The van der Waals surface area contributed by atoms with Gasteiger partial charge in [-0.15, -0.1) is 0 Å². The maximum absolute atomic E-state index is 6.21. The Hall–Kier alpha value is -2.14. The van der Waals surface area contributed by atoms with Crippen molar-refractivity contribution in [3.8, 4) is 17.1 Å². The van der Waals surface area contributed by atoms with Gasteiger partial charge in [-0.3, -0.25) is 4.99 Å². The normalized spacial score (nSPS) is 13.8. The Morgan fingerprint density at radius 2 is 2.19 bits per heavy atom. The summed E-state index contributed by atoms with van der Waals surface area (Å²) in [6, 6.07) is 5.42. The lowest BCUT2D eigenvalue weighted by molar-refractivity contribution is 0.242. The number of rotatable bonds is 4. The first-order valence-electron chi connectivity index (χ1n) is 6.65. The second-order valence-electron chi connectivity index (χ2n) is 4.86. The maximum atomic E-state index is 6.21. The molecule has 0 spiro atoms. The van der Waals surface area contributed by atoms with Crippen molar-refractivity contribution in [2.75, 3.05) is 6.54 Å². The van der Waals surface area contributed by atoms with Gasteiger partial charge in [-0.05, 0) is 38.1 Å². The molecule has 2 aromatic rings. The summed E-state index contributed by atoms with van der Waals surface area (Å²) < 4.78 is 10.8.